The highest BCUT2D eigenvalue weighted by atomic mass is 19.1. The second kappa shape index (κ2) is 5.48. The van der Waals surface area contributed by atoms with E-state index in [0.717, 1.165) is 11.3 Å². The molecule has 0 aliphatic rings. The van der Waals surface area contributed by atoms with Crippen molar-refractivity contribution in [2.75, 3.05) is 5.32 Å². The predicted octanol–water partition coefficient (Wildman–Crippen LogP) is 3.68. The van der Waals surface area contributed by atoms with Crippen molar-refractivity contribution < 1.29 is 13.6 Å². The molecule has 0 aliphatic carbocycles. The first-order valence-corrected chi connectivity index (χ1v) is 6.72. The maximum atomic E-state index is 13.7. The third-order valence-electron chi connectivity index (χ3n) is 3.19. The topological polar surface area (TPSA) is 70.9 Å². The van der Waals surface area contributed by atoms with Crippen molar-refractivity contribution >= 4 is 11.6 Å². The number of aryl methyl sites for hydroxylation is 2. The minimum absolute atomic E-state index is 0.119. The number of amides is 1. The van der Waals surface area contributed by atoms with Crippen molar-refractivity contribution in [2.45, 2.75) is 13.8 Å². The third-order valence-corrected chi connectivity index (χ3v) is 3.19. The molecule has 3 rings (SSSR count). The van der Waals surface area contributed by atoms with Gasteiger partial charge in [0.1, 0.15) is 17.3 Å². The number of hydrogen-bond acceptors (Lipinski definition) is 3. The lowest BCUT2D eigenvalue weighted by molar-refractivity contribution is 0.102. The number of aromatic amines is 1. The van der Waals surface area contributed by atoms with E-state index in [1.807, 2.05) is 13.0 Å². The van der Waals surface area contributed by atoms with Gasteiger partial charge in [-0.15, -0.1) is 0 Å². The second-order valence-electron chi connectivity index (χ2n) is 5.01. The van der Waals surface area contributed by atoms with Crippen molar-refractivity contribution in [1.29, 1.82) is 0 Å². The lowest BCUT2D eigenvalue weighted by Gasteiger charge is -2.05. The number of rotatable bonds is 3. The first kappa shape index (κ1) is 14.1. The van der Waals surface area contributed by atoms with E-state index in [-0.39, 0.29) is 11.4 Å². The molecule has 2 heterocycles. The van der Waals surface area contributed by atoms with Crippen molar-refractivity contribution in [3.63, 3.8) is 0 Å². The van der Waals surface area contributed by atoms with Crippen LogP contribution in [-0.2, 0) is 0 Å². The van der Waals surface area contributed by atoms with Crippen LogP contribution >= 0.6 is 0 Å². The summed E-state index contributed by atoms with van der Waals surface area (Å²) in [6, 6.07) is 9.75. The summed E-state index contributed by atoms with van der Waals surface area (Å²) in [5.74, 6) is 0.377. The maximum Gasteiger partial charge on any atom is 0.276 e. The summed E-state index contributed by atoms with van der Waals surface area (Å²) in [6.07, 6.45) is 0. The molecule has 0 saturated heterocycles. The summed E-state index contributed by atoms with van der Waals surface area (Å²) in [5, 5.41) is 9.15. The highest BCUT2D eigenvalue weighted by Gasteiger charge is 2.15. The van der Waals surface area contributed by atoms with E-state index >= 15 is 0 Å². The Balaban J connectivity index is 1.79. The smallest absolute Gasteiger partial charge is 0.276 e. The standard InChI is InChI=1S/C16H14FN3O2/c1-9-3-5-12(11(17)7-9)18-16(21)14-8-13(19-20-14)15-6-4-10(2)22-15/h3-8H,1-2H3,(H,18,21)(H,19,20). The molecule has 0 unspecified atom stereocenters. The maximum absolute atomic E-state index is 13.7. The van der Waals surface area contributed by atoms with E-state index in [0.29, 0.717) is 11.5 Å². The van der Waals surface area contributed by atoms with Gasteiger partial charge in [-0.05, 0) is 43.7 Å². The zero-order valence-electron chi connectivity index (χ0n) is 12.1. The second-order valence-corrected chi connectivity index (χ2v) is 5.01. The minimum atomic E-state index is -0.492. The number of carbonyl (C=O) groups excluding carboxylic acids is 1. The number of anilines is 1. The van der Waals surface area contributed by atoms with E-state index in [1.165, 1.54) is 12.1 Å². The van der Waals surface area contributed by atoms with Crippen LogP contribution in [0, 0.1) is 19.7 Å². The van der Waals surface area contributed by atoms with E-state index in [2.05, 4.69) is 15.5 Å². The first-order valence-electron chi connectivity index (χ1n) is 6.72. The normalized spacial score (nSPS) is 10.7. The van der Waals surface area contributed by atoms with Gasteiger partial charge >= 0.3 is 0 Å². The van der Waals surface area contributed by atoms with Crippen LogP contribution in [-0.4, -0.2) is 16.1 Å². The van der Waals surface area contributed by atoms with Gasteiger partial charge in [-0.2, -0.15) is 5.10 Å². The van der Waals surface area contributed by atoms with Gasteiger partial charge in [0.2, 0.25) is 0 Å². The van der Waals surface area contributed by atoms with E-state index in [4.69, 9.17) is 4.42 Å². The molecule has 22 heavy (non-hydrogen) atoms. The Morgan fingerprint density at radius 2 is 2.05 bits per heavy atom. The third kappa shape index (κ3) is 2.76. The molecule has 2 N–H and O–H groups in total. The van der Waals surface area contributed by atoms with Crippen molar-refractivity contribution in [2.24, 2.45) is 0 Å². The summed E-state index contributed by atoms with van der Waals surface area (Å²) < 4.78 is 19.2. The number of aromatic nitrogens is 2. The monoisotopic (exact) mass is 299 g/mol. The molecule has 0 radical (unpaired) electrons. The fourth-order valence-electron chi connectivity index (χ4n) is 2.05. The van der Waals surface area contributed by atoms with Crippen LogP contribution in [0.3, 0.4) is 0 Å². The zero-order valence-corrected chi connectivity index (χ0v) is 12.1. The molecule has 0 aliphatic heterocycles. The minimum Gasteiger partial charge on any atom is -0.460 e. The van der Waals surface area contributed by atoms with Crippen LogP contribution in [0.2, 0.25) is 0 Å². The number of nitrogens with zero attached hydrogens (tertiary/aromatic N) is 1. The van der Waals surface area contributed by atoms with Gasteiger partial charge in [0, 0.05) is 6.07 Å². The summed E-state index contributed by atoms with van der Waals surface area (Å²) in [6.45, 7) is 3.60. The van der Waals surface area contributed by atoms with Crippen molar-refractivity contribution in [3.8, 4) is 11.5 Å². The van der Waals surface area contributed by atoms with Crippen LogP contribution < -0.4 is 5.32 Å². The van der Waals surface area contributed by atoms with Gasteiger partial charge in [0.15, 0.2) is 11.5 Å². The molecule has 0 bridgehead atoms. The van der Waals surface area contributed by atoms with Gasteiger partial charge in [0.25, 0.3) is 5.91 Å². The Kier molecular flexibility index (Phi) is 3.50. The number of hydrogen-bond donors (Lipinski definition) is 2. The molecule has 1 amide bonds. The van der Waals surface area contributed by atoms with Gasteiger partial charge in [-0.25, -0.2) is 4.39 Å². The number of nitrogens with one attached hydrogen (secondary N) is 2. The van der Waals surface area contributed by atoms with Crippen molar-refractivity contribution in [1.82, 2.24) is 10.2 Å². The molecule has 1 aromatic carbocycles. The Morgan fingerprint density at radius 3 is 2.73 bits per heavy atom. The number of benzene rings is 1. The summed E-state index contributed by atoms with van der Waals surface area (Å²) in [5.41, 5.74) is 1.64. The molecule has 0 fully saturated rings. The lowest BCUT2D eigenvalue weighted by Crippen LogP contribution is -2.13. The molecule has 2 aromatic heterocycles. The Morgan fingerprint density at radius 1 is 1.23 bits per heavy atom. The molecule has 0 atom stereocenters. The molecule has 6 heteroatoms. The molecule has 112 valence electrons. The number of carbonyl (C=O) groups is 1. The average molecular weight is 299 g/mol. The largest absolute Gasteiger partial charge is 0.460 e. The van der Waals surface area contributed by atoms with E-state index in [1.54, 1.807) is 25.1 Å². The van der Waals surface area contributed by atoms with Gasteiger partial charge < -0.3 is 9.73 Å². The highest BCUT2D eigenvalue weighted by Crippen LogP contribution is 2.21. The lowest BCUT2D eigenvalue weighted by atomic mass is 10.2. The quantitative estimate of drug-likeness (QED) is 0.775. The summed E-state index contributed by atoms with van der Waals surface area (Å²) in [4.78, 5) is 12.1. The summed E-state index contributed by atoms with van der Waals surface area (Å²) >= 11 is 0. The van der Waals surface area contributed by atoms with Gasteiger partial charge in [0.05, 0.1) is 5.69 Å². The fourth-order valence-corrected chi connectivity index (χ4v) is 2.05. The Bertz CT molecular complexity index is 836. The fraction of sp³-hybridized carbons (Fsp3) is 0.125. The zero-order chi connectivity index (χ0) is 15.7. The molecule has 0 saturated carbocycles. The van der Waals surface area contributed by atoms with E-state index < -0.39 is 11.7 Å². The van der Waals surface area contributed by atoms with Crippen LogP contribution in [0.1, 0.15) is 21.8 Å². The highest BCUT2D eigenvalue weighted by molar-refractivity contribution is 6.03. The van der Waals surface area contributed by atoms with Crippen LogP contribution in [0.15, 0.2) is 40.8 Å². The van der Waals surface area contributed by atoms with Crippen LogP contribution in [0.25, 0.3) is 11.5 Å². The number of halogens is 1. The molecule has 0 spiro atoms. The van der Waals surface area contributed by atoms with Crippen LogP contribution in [0.4, 0.5) is 10.1 Å². The first-order chi connectivity index (χ1) is 10.5. The van der Waals surface area contributed by atoms with E-state index in [9.17, 15) is 9.18 Å². The molecular weight excluding hydrogens is 285 g/mol. The molecule has 3 aromatic rings. The Labute approximate surface area is 126 Å². The van der Waals surface area contributed by atoms with Gasteiger partial charge in [-0.3, -0.25) is 9.89 Å². The SMILES string of the molecule is Cc1ccc(NC(=O)c2cc(-c3ccc(C)o3)[nH]n2)c(F)c1. The number of furan rings is 1. The molecule has 5 nitrogen and oxygen atoms in total. The predicted molar refractivity (Wildman–Crippen MR) is 80.1 cm³/mol. The van der Waals surface area contributed by atoms with Crippen LogP contribution in [0.5, 0.6) is 0 Å². The molecular formula is C16H14FN3O2. The summed E-state index contributed by atoms with van der Waals surface area (Å²) in [7, 11) is 0. The van der Waals surface area contributed by atoms with Gasteiger partial charge in [-0.1, -0.05) is 6.07 Å². The van der Waals surface area contributed by atoms with Crippen molar-refractivity contribution in [3.05, 3.63) is 59.2 Å². The Hall–Kier alpha value is -2.89. The number of H-pyrrole nitrogens is 1. The average Bonchev–Trinajstić information content (AvgIpc) is 3.10.